The van der Waals surface area contributed by atoms with Crippen molar-refractivity contribution >= 4 is 33.5 Å². The van der Waals surface area contributed by atoms with Crippen molar-refractivity contribution < 1.29 is 9.53 Å². The largest absolute Gasteiger partial charge is 0.494 e. The fraction of sp³-hybridized carbons (Fsp3) is 0.136. The van der Waals surface area contributed by atoms with Crippen LogP contribution in [0.3, 0.4) is 0 Å². The number of amides is 1. The van der Waals surface area contributed by atoms with Crippen molar-refractivity contribution in [1.82, 2.24) is 10.3 Å². The molecule has 0 aliphatic heterocycles. The van der Waals surface area contributed by atoms with Gasteiger partial charge in [0.15, 0.2) is 0 Å². The lowest BCUT2D eigenvalue weighted by molar-refractivity contribution is 0.0977. The van der Waals surface area contributed by atoms with Crippen molar-refractivity contribution in [2.45, 2.75) is 13.5 Å². The predicted octanol–water partition coefficient (Wildman–Crippen LogP) is 4.64. The van der Waals surface area contributed by atoms with Crippen LogP contribution in [0.1, 0.15) is 22.8 Å². The van der Waals surface area contributed by atoms with Crippen molar-refractivity contribution in [2.24, 2.45) is 4.99 Å². The number of aliphatic imine (C=N–C) groups is 1. The van der Waals surface area contributed by atoms with Crippen LogP contribution in [0.15, 0.2) is 82.5 Å². The normalized spacial score (nSPS) is 11.0. The molecule has 0 unspecified atom stereocenters. The summed E-state index contributed by atoms with van der Waals surface area (Å²) in [5.74, 6) is 0.813. The highest BCUT2D eigenvalue weighted by molar-refractivity contribution is 9.10. The summed E-state index contributed by atoms with van der Waals surface area (Å²) in [6.07, 6.45) is 3.45. The van der Waals surface area contributed by atoms with Crippen molar-refractivity contribution in [2.75, 3.05) is 11.9 Å². The highest BCUT2D eigenvalue weighted by Crippen LogP contribution is 2.16. The number of guanidine groups is 1. The number of ether oxygens (including phenoxy) is 1. The minimum absolute atomic E-state index is 0.263. The molecule has 0 saturated heterocycles. The number of anilines is 1. The summed E-state index contributed by atoms with van der Waals surface area (Å²) < 4.78 is 6.34. The van der Waals surface area contributed by atoms with Crippen LogP contribution in [0.4, 0.5) is 5.69 Å². The van der Waals surface area contributed by atoms with E-state index in [1.165, 1.54) is 0 Å². The second kappa shape index (κ2) is 10.4. The van der Waals surface area contributed by atoms with E-state index < -0.39 is 0 Å². The van der Waals surface area contributed by atoms with E-state index in [-0.39, 0.29) is 5.91 Å². The second-order valence-corrected chi connectivity index (χ2v) is 6.99. The van der Waals surface area contributed by atoms with E-state index in [9.17, 15) is 4.79 Å². The Labute approximate surface area is 178 Å². The van der Waals surface area contributed by atoms with Crippen LogP contribution < -0.4 is 15.4 Å². The molecule has 1 aromatic heterocycles. The van der Waals surface area contributed by atoms with Crippen molar-refractivity contribution in [1.29, 1.82) is 0 Å². The number of halogens is 1. The molecule has 0 aliphatic rings. The Bertz CT molecular complexity index is 976. The molecule has 0 spiro atoms. The Morgan fingerprint density at radius 2 is 1.97 bits per heavy atom. The summed E-state index contributed by atoms with van der Waals surface area (Å²) in [5.41, 5.74) is 2.26. The number of pyridine rings is 1. The van der Waals surface area contributed by atoms with Crippen LogP contribution in [-0.2, 0) is 6.54 Å². The van der Waals surface area contributed by atoms with Crippen LogP contribution >= 0.6 is 15.9 Å². The maximum Gasteiger partial charge on any atom is 0.257 e. The van der Waals surface area contributed by atoms with Crippen molar-refractivity contribution in [3.05, 3.63) is 88.7 Å². The molecule has 2 N–H and O–H groups in total. The molecule has 3 rings (SSSR count). The first-order valence-corrected chi connectivity index (χ1v) is 9.93. The minimum Gasteiger partial charge on any atom is -0.494 e. The molecular weight excluding hydrogens is 432 g/mol. The van der Waals surface area contributed by atoms with Gasteiger partial charge in [0.1, 0.15) is 5.75 Å². The van der Waals surface area contributed by atoms with E-state index in [4.69, 9.17) is 4.74 Å². The van der Waals surface area contributed by atoms with Gasteiger partial charge in [0.05, 0.1) is 13.2 Å². The fourth-order valence-electron chi connectivity index (χ4n) is 2.52. The quantitative estimate of drug-likeness (QED) is 0.421. The summed E-state index contributed by atoms with van der Waals surface area (Å²) in [6, 6.07) is 18.4. The van der Waals surface area contributed by atoms with Gasteiger partial charge in [0, 0.05) is 28.1 Å². The van der Waals surface area contributed by atoms with Crippen LogP contribution in [0.2, 0.25) is 0 Å². The van der Waals surface area contributed by atoms with Gasteiger partial charge in [-0.2, -0.15) is 0 Å². The molecule has 29 heavy (non-hydrogen) atoms. The number of hydrogen-bond acceptors (Lipinski definition) is 4. The zero-order valence-corrected chi connectivity index (χ0v) is 17.5. The van der Waals surface area contributed by atoms with E-state index in [0.29, 0.717) is 24.7 Å². The molecule has 6 nitrogen and oxygen atoms in total. The number of hydrogen-bond donors (Lipinski definition) is 2. The molecule has 148 valence electrons. The number of benzene rings is 2. The molecule has 0 radical (unpaired) electrons. The zero-order chi connectivity index (χ0) is 20.5. The minimum atomic E-state index is -0.263. The summed E-state index contributed by atoms with van der Waals surface area (Å²) in [7, 11) is 0. The van der Waals surface area contributed by atoms with Gasteiger partial charge in [0.25, 0.3) is 5.91 Å². The van der Waals surface area contributed by atoms with Crippen LogP contribution in [0.5, 0.6) is 5.75 Å². The van der Waals surface area contributed by atoms with E-state index in [2.05, 4.69) is 36.5 Å². The van der Waals surface area contributed by atoms with Gasteiger partial charge in [-0.15, -0.1) is 0 Å². The highest BCUT2D eigenvalue weighted by Gasteiger charge is 2.10. The summed E-state index contributed by atoms with van der Waals surface area (Å²) in [6.45, 7) is 2.88. The van der Waals surface area contributed by atoms with E-state index >= 15 is 0 Å². The Kier molecular flexibility index (Phi) is 7.35. The third kappa shape index (κ3) is 6.43. The lowest BCUT2D eigenvalue weighted by Gasteiger charge is -2.12. The molecule has 7 heteroatoms. The van der Waals surface area contributed by atoms with Gasteiger partial charge < -0.3 is 10.1 Å². The van der Waals surface area contributed by atoms with Crippen LogP contribution in [0.25, 0.3) is 0 Å². The maximum atomic E-state index is 12.7. The standard InChI is InChI=1S/C22H21BrN4O2/c1-2-29-20-10-8-17(9-11-20)21(28)27-22(25-15-16-5-4-12-24-14-16)26-19-7-3-6-18(23)13-19/h3-14H,2,15H2,1H3,(H2,25,26,27,28). The molecule has 0 bridgehead atoms. The number of carbonyl (C=O) groups is 1. The van der Waals surface area contributed by atoms with Gasteiger partial charge in [-0.3, -0.25) is 15.1 Å². The Morgan fingerprint density at radius 3 is 2.66 bits per heavy atom. The average molecular weight is 453 g/mol. The molecule has 1 amide bonds. The summed E-state index contributed by atoms with van der Waals surface area (Å²) >= 11 is 3.45. The highest BCUT2D eigenvalue weighted by atomic mass is 79.9. The maximum absolute atomic E-state index is 12.7. The first-order chi connectivity index (χ1) is 14.1. The number of carbonyl (C=O) groups excluding carboxylic acids is 1. The third-order valence-electron chi connectivity index (χ3n) is 3.89. The van der Waals surface area contributed by atoms with Gasteiger partial charge in [-0.05, 0) is 61.0 Å². The molecule has 3 aromatic rings. The Hall–Kier alpha value is -3.19. The lowest BCUT2D eigenvalue weighted by atomic mass is 10.2. The zero-order valence-electron chi connectivity index (χ0n) is 15.9. The topological polar surface area (TPSA) is 75.6 Å². The van der Waals surface area contributed by atoms with Gasteiger partial charge in [0.2, 0.25) is 5.96 Å². The Morgan fingerprint density at radius 1 is 1.14 bits per heavy atom. The van der Waals surface area contributed by atoms with Gasteiger partial charge >= 0.3 is 0 Å². The first-order valence-electron chi connectivity index (χ1n) is 9.14. The van der Waals surface area contributed by atoms with Crippen LogP contribution in [0, 0.1) is 0 Å². The van der Waals surface area contributed by atoms with Crippen LogP contribution in [-0.4, -0.2) is 23.5 Å². The van der Waals surface area contributed by atoms with Crippen molar-refractivity contribution in [3.63, 3.8) is 0 Å². The molecule has 0 aliphatic carbocycles. The molecule has 1 heterocycles. The van der Waals surface area contributed by atoms with E-state index in [0.717, 1.165) is 21.5 Å². The molecule has 2 aromatic carbocycles. The SMILES string of the molecule is CCOc1ccc(C(=O)NC(=NCc2cccnc2)Nc2cccc(Br)c2)cc1. The third-order valence-corrected chi connectivity index (χ3v) is 4.38. The van der Waals surface area contributed by atoms with Gasteiger partial charge in [-0.25, -0.2) is 4.99 Å². The van der Waals surface area contributed by atoms with Crippen molar-refractivity contribution in [3.8, 4) is 5.75 Å². The number of rotatable bonds is 6. The molecule has 0 fully saturated rings. The number of nitrogens with one attached hydrogen (secondary N) is 2. The smallest absolute Gasteiger partial charge is 0.257 e. The Balaban J connectivity index is 1.77. The molecule has 0 atom stereocenters. The average Bonchev–Trinajstić information content (AvgIpc) is 2.73. The summed E-state index contributed by atoms with van der Waals surface area (Å²) in [4.78, 5) is 21.3. The lowest BCUT2D eigenvalue weighted by Crippen LogP contribution is -2.36. The second-order valence-electron chi connectivity index (χ2n) is 6.07. The van der Waals surface area contributed by atoms with E-state index in [1.54, 1.807) is 36.7 Å². The first kappa shape index (κ1) is 20.5. The molecule has 0 saturated carbocycles. The number of nitrogens with zero attached hydrogens (tertiary/aromatic N) is 2. The van der Waals surface area contributed by atoms with Gasteiger partial charge in [-0.1, -0.05) is 28.1 Å². The predicted molar refractivity (Wildman–Crippen MR) is 118 cm³/mol. The summed E-state index contributed by atoms with van der Waals surface area (Å²) in [5, 5.41) is 6.01. The number of aromatic nitrogens is 1. The molecular formula is C22H21BrN4O2. The monoisotopic (exact) mass is 452 g/mol. The van der Waals surface area contributed by atoms with E-state index in [1.807, 2.05) is 43.3 Å². The fourth-order valence-corrected chi connectivity index (χ4v) is 2.92.